The number of nitrogens with zero attached hydrogens (tertiary/aromatic N) is 2. The number of carbonyl (C=O) groups is 1. The first-order chi connectivity index (χ1) is 9.56. The summed E-state index contributed by atoms with van der Waals surface area (Å²) in [5.41, 5.74) is 0.546. The van der Waals surface area contributed by atoms with E-state index in [2.05, 4.69) is 29.0 Å². The Balaban J connectivity index is 2.33. The number of hydrogen-bond acceptors (Lipinski definition) is 3. The second-order valence-electron chi connectivity index (χ2n) is 4.91. The van der Waals surface area contributed by atoms with Crippen LogP contribution in [-0.4, -0.2) is 41.5 Å². The van der Waals surface area contributed by atoms with E-state index in [1.54, 1.807) is 12.1 Å². The molecule has 0 aromatic carbocycles. The molecule has 0 unspecified atom stereocenters. The van der Waals surface area contributed by atoms with E-state index < -0.39 is 0 Å². The molecule has 0 radical (unpaired) electrons. The van der Waals surface area contributed by atoms with Crippen LogP contribution in [0.4, 0.5) is 0 Å². The highest BCUT2D eigenvalue weighted by molar-refractivity contribution is 6.29. The molecule has 1 rings (SSSR count). The molecule has 1 aromatic rings. The van der Waals surface area contributed by atoms with E-state index in [0.717, 1.165) is 32.5 Å². The first kappa shape index (κ1) is 16.9. The van der Waals surface area contributed by atoms with Crippen LogP contribution in [0.1, 0.15) is 44.0 Å². The van der Waals surface area contributed by atoms with Crippen LogP contribution >= 0.6 is 11.6 Å². The fraction of sp³-hybridized carbons (Fsp3) is 0.600. The first-order valence-electron chi connectivity index (χ1n) is 7.21. The van der Waals surface area contributed by atoms with E-state index in [0.29, 0.717) is 10.7 Å². The van der Waals surface area contributed by atoms with Crippen molar-refractivity contribution in [3.05, 3.63) is 29.0 Å². The number of aromatic nitrogens is 1. The van der Waals surface area contributed by atoms with Crippen molar-refractivity contribution in [3.63, 3.8) is 0 Å². The largest absolute Gasteiger partial charge is 0.350 e. The number of hydrogen-bond donors (Lipinski definition) is 1. The van der Waals surface area contributed by atoms with E-state index in [1.165, 1.54) is 6.20 Å². The van der Waals surface area contributed by atoms with Crippen molar-refractivity contribution in [2.75, 3.05) is 19.6 Å². The van der Waals surface area contributed by atoms with Crippen LogP contribution in [0.3, 0.4) is 0 Å². The van der Waals surface area contributed by atoms with Crippen molar-refractivity contribution in [2.24, 2.45) is 0 Å². The Hall–Kier alpha value is -1.13. The lowest BCUT2D eigenvalue weighted by atomic mass is 10.1. The summed E-state index contributed by atoms with van der Waals surface area (Å²) >= 11 is 5.70. The highest BCUT2D eigenvalue weighted by Gasteiger charge is 2.10. The average Bonchev–Trinajstić information content (AvgIpc) is 2.44. The number of halogens is 1. The van der Waals surface area contributed by atoms with Gasteiger partial charge in [0.15, 0.2) is 0 Å². The van der Waals surface area contributed by atoms with E-state index >= 15 is 0 Å². The third kappa shape index (κ3) is 5.88. The van der Waals surface area contributed by atoms with Crippen molar-refractivity contribution in [3.8, 4) is 0 Å². The minimum atomic E-state index is -0.0931. The maximum Gasteiger partial charge on any atom is 0.253 e. The lowest BCUT2D eigenvalue weighted by Gasteiger charge is -2.19. The van der Waals surface area contributed by atoms with Crippen LogP contribution < -0.4 is 5.32 Å². The van der Waals surface area contributed by atoms with Gasteiger partial charge in [0, 0.05) is 12.2 Å². The van der Waals surface area contributed by atoms with Crippen LogP contribution in [0.15, 0.2) is 18.3 Å². The van der Waals surface area contributed by atoms with Gasteiger partial charge >= 0.3 is 0 Å². The summed E-state index contributed by atoms with van der Waals surface area (Å²) in [4.78, 5) is 18.3. The molecule has 0 spiro atoms. The molecule has 5 heteroatoms. The van der Waals surface area contributed by atoms with Gasteiger partial charge < -0.3 is 10.2 Å². The van der Waals surface area contributed by atoms with Crippen LogP contribution in [0, 0.1) is 0 Å². The van der Waals surface area contributed by atoms with E-state index in [-0.39, 0.29) is 11.9 Å². The van der Waals surface area contributed by atoms with Gasteiger partial charge in [-0.1, -0.05) is 25.4 Å². The number of rotatable bonds is 8. The molecule has 1 aromatic heterocycles. The Bertz CT molecular complexity index is 404. The first-order valence-corrected chi connectivity index (χ1v) is 7.59. The van der Waals surface area contributed by atoms with E-state index in [9.17, 15) is 4.79 Å². The number of amides is 1. The Morgan fingerprint density at radius 3 is 2.65 bits per heavy atom. The van der Waals surface area contributed by atoms with Gasteiger partial charge in [-0.15, -0.1) is 0 Å². The van der Waals surface area contributed by atoms with Crippen molar-refractivity contribution in [2.45, 2.75) is 39.7 Å². The van der Waals surface area contributed by atoms with Crippen LogP contribution in [0.25, 0.3) is 0 Å². The fourth-order valence-corrected chi connectivity index (χ4v) is 2.16. The van der Waals surface area contributed by atoms with Gasteiger partial charge in [-0.05, 0) is 51.5 Å². The molecule has 0 bridgehead atoms. The molecule has 1 N–H and O–H groups in total. The smallest absolute Gasteiger partial charge is 0.253 e. The zero-order chi connectivity index (χ0) is 15.0. The summed E-state index contributed by atoms with van der Waals surface area (Å²) < 4.78 is 0. The summed E-state index contributed by atoms with van der Waals surface area (Å²) in [7, 11) is 0. The third-order valence-corrected chi connectivity index (χ3v) is 3.60. The molecule has 0 fully saturated rings. The zero-order valence-corrected chi connectivity index (χ0v) is 13.3. The highest BCUT2D eigenvalue weighted by Crippen LogP contribution is 2.06. The summed E-state index contributed by atoms with van der Waals surface area (Å²) in [5.74, 6) is -0.0931. The van der Waals surface area contributed by atoms with Crippen LogP contribution in [0.2, 0.25) is 5.15 Å². The molecule has 4 nitrogen and oxygen atoms in total. The van der Waals surface area contributed by atoms with Crippen molar-refractivity contribution in [1.29, 1.82) is 0 Å². The Morgan fingerprint density at radius 1 is 1.40 bits per heavy atom. The monoisotopic (exact) mass is 297 g/mol. The summed E-state index contributed by atoms with van der Waals surface area (Å²) in [6.07, 6.45) is 3.56. The standard InChI is InChI=1S/C15H24ClN3O/c1-4-19(5-2)10-6-7-12(3)18-15(20)13-8-9-14(16)17-11-13/h8-9,11-12H,4-7,10H2,1-3H3,(H,18,20)/t12-/m0/s1. The van der Waals surface area contributed by atoms with Crippen LogP contribution in [0.5, 0.6) is 0 Å². The average molecular weight is 298 g/mol. The highest BCUT2D eigenvalue weighted by atomic mass is 35.5. The third-order valence-electron chi connectivity index (χ3n) is 3.37. The molecular formula is C15H24ClN3O. The molecule has 112 valence electrons. The summed E-state index contributed by atoms with van der Waals surface area (Å²) in [6, 6.07) is 3.48. The van der Waals surface area contributed by atoms with Gasteiger partial charge in [0.1, 0.15) is 5.15 Å². The van der Waals surface area contributed by atoms with Gasteiger partial charge in [-0.25, -0.2) is 4.98 Å². The minimum absolute atomic E-state index is 0.0931. The molecular weight excluding hydrogens is 274 g/mol. The molecule has 0 aliphatic carbocycles. The zero-order valence-electron chi connectivity index (χ0n) is 12.5. The second-order valence-corrected chi connectivity index (χ2v) is 5.30. The van der Waals surface area contributed by atoms with Gasteiger partial charge in [0.25, 0.3) is 5.91 Å². The summed E-state index contributed by atoms with van der Waals surface area (Å²) in [6.45, 7) is 9.60. The SMILES string of the molecule is CCN(CC)CCC[C@H](C)NC(=O)c1ccc(Cl)nc1. The number of carbonyl (C=O) groups excluding carboxylic acids is 1. The van der Waals surface area contributed by atoms with Gasteiger partial charge in [0.05, 0.1) is 5.56 Å². The molecule has 0 aliphatic rings. The Morgan fingerprint density at radius 2 is 2.10 bits per heavy atom. The molecule has 1 atom stereocenters. The maximum atomic E-state index is 12.0. The molecule has 1 amide bonds. The van der Waals surface area contributed by atoms with Crippen molar-refractivity contribution < 1.29 is 4.79 Å². The molecule has 1 heterocycles. The van der Waals surface area contributed by atoms with Gasteiger partial charge in [-0.2, -0.15) is 0 Å². The van der Waals surface area contributed by atoms with Gasteiger partial charge in [0.2, 0.25) is 0 Å². The normalized spacial score (nSPS) is 12.4. The van der Waals surface area contributed by atoms with E-state index in [4.69, 9.17) is 11.6 Å². The van der Waals surface area contributed by atoms with E-state index in [1.807, 2.05) is 6.92 Å². The van der Waals surface area contributed by atoms with Crippen LogP contribution in [-0.2, 0) is 0 Å². The number of pyridine rings is 1. The molecule has 20 heavy (non-hydrogen) atoms. The Labute approximate surface area is 126 Å². The van der Waals surface area contributed by atoms with Crippen molar-refractivity contribution in [1.82, 2.24) is 15.2 Å². The molecule has 0 saturated carbocycles. The maximum absolute atomic E-state index is 12.0. The van der Waals surface area contributed by atoms with Gasteiger partial charge in [-0.3, -0.25) is 4.79 Å². The Kier molecular flexibility index (Phi) is 7.55. The topological polar surface area (TPSA) is 45.2 Å². The summed E-state index contributed by atoms with van der Waals surface area (Å²) in [5, 5.41) is 3.38. The second kappa shape index (κ2) is 8.93. The predicted molar refractivity (Wildman–Crippen MR) is 83.2 cm³/mol. The fourth-order valence-electron chi connectivity index (χ4n) is 2.05. The molecule has 0 aliphatic heterocycles. The predicted octanol–water partition coefficient (Wildman–Crippen LogP) is 2.98. The minimum Gasteiger partial charge on any atom is -0.350 e. The molecule has 0 saturated heterocycles. The lowest BCUT2D eigenvalue weighted by molar-refractivity contribution is 0.0937. The van der Waals surface area contributed by atoms with Crippen molar-refractivity contribution >= 4 is 17.5 Å². The lowest BCUT2D eigenvalue weighted by Crippen LogP contribution is -2.33. The quantitative estimate of drug-likeness (QED) is 0.750. The number of nitrogens with one attached hydrogen (secondary N) is 1.